The number of aryl methyl sites for hydroxylation is 2. The molecule has 0 spiro atoms. The van der Waals surface area contributed by atoms with E-state index in [2.05, 4.69) is 17.6 Å². The van der Waals surface area contributed by atoms with Crippen molar-refractivity contribution in [3.8, 4) is 11.3 Å². The fourth-order valence-corrected chi connectivity index (χ4v) is 3.06. The first kappa shape index (κ1) is 13.0. The predicted octanol–water partition coefficient (Wildman–Crippen LogP) is 4.53. The summed E-state index contributed by atoms with van der Waals surface area (Å²) in [5, 5.41) is 1.79. The summed E-state index contributed by atoms with van der Waals surface area (Å²) in [5.41, 5.74) is 4.80. The Hall–Kier alpha value is -2.68. The summed E-state index contributed by atoms with van der Waals surface area (Å²) in [5.74, 6) is -0.250. The van der Waals surface area contributed by atoms with E-state index in [1.165, 1.54) is 6.07 Å². The van der Waals surface area contributed by atoms with Gasteiger partial charge in [-0.15, -0.1) is 0 Å². The molecule has 0 saturated carbocycles. The van der Waals surface area contributed by atoms with Gasteiger partial charge in [0.05, 0.1) is 5.56 Å². The molecule has 3 heteroatoms. The predicted molar refractivity (Wildman–Crippen MR) is 85.0 cm³/mol. The molecule has 2 aromatic carbocycles. The van der Waals surface area contributed by atoms with Gasteiger partial charge in [-0.3, -0.25) is 0 Å². The Bertz CT molecular complexity index is 1020. The number of pyridine rings is 1. The minimum atomic E-state index is -0.250. The second-order valence-electron chi connectivity index (χ2n) is 5.57. The van der Waals surface area contributed by atoms with Crippen molar-refractivity contribution in [2.45, 2.75) is 6.92 Å². The van der Waals surface area contributed by atoms with Crippen molar-refractivity contribution < 1.29 is 13.4 Å². The van der Waals surface area contributed by atoms with E-state index >= 15 is 0 Å². The van der Waals surface area contributed by atoms with Crippen molar-refractivity contribution in [3.63, 3.8) is 0 Å². The van der Waals surface area contributed by atoms with Crippen LogP contribution in [-0.4, -0.2) is 0 Å². The smallest absolute Gasteiger partial charge is 0.213 e. The molecule has 0 unspecified atom stereocenters. The molecule has 0 atom stereocenters. The third-order valence-electron chi connectivity index (χ3n) is 4.12. The summed E-state index contributed by atoms with van der Waals surface area (Å²) in [7, 11) is 2.01. The summed E-state index contributed by atoms with van der Waals surface area (Å²) in [6, 6.07) is 14.7. The Balaban J connectivity index is 2.22. The van der Waals surface area contributed by atoms with Gasteiger partial charge >= 0.3 is 0 Å². The fourth-order valence-electron chi connectivity index (χ4n) is 3.06. The highest BCUT2D eigenvalue weighted by Crippen LogP contribution is 2.37. The van der Waals surface area contributed by atoms with Crippen LogP contribution < -0.4 is 4.57 Å². The first-order valence-electron chi connectivity index (χ1n) is 7.21. The topological polar surface area (TPSA) is 17.0 Å². The fraction of sp³-hybridized carbons (Fsp3) is 0.105. The zero-order valence-electron chi connectivity index (χ0n) is 12.4. The number of fused-ring (bicyclic) bond motifs is 3. The third-order valence-corrected chi connectivity index (χ3v) is 4.12. The van der Waals surface area contributed by atoms with E-state index in [4.69, 9.17) is 4.42 Å². The van der Waals surface area contributed by atoms with Gasteiger partial charge in [-0.1, -0.05) is 6.07 Å². The summed E-state index contributed by atoms with van der Waals surface area (Å²) in [6.45, 7) is 2.07. The number of aromatic nitrogens is 1. The van der Waals surface area contributed by atoms with Crippen molar-refractivity contribution in [1.29, 1.82) is 0 Å². The van der Waals surface area contributed by atoms with E-state index in [1.54, 1.807) is 12.1 Å². The molecule has 0 bridgehead atoms. The second-order valence-corrected chi connectivity index (χ2v) is 5.57. The Morgan fingerprint density at radius 2 is 1.82 bits per heavy atom. The third kappa shape index (κ3) is 1.82. The van der Waals surface area contributed by atoms with E-state index in [0.29, 0.717) is 5.58 Å². The number of hydrogen-bond acceptors (Lipinski definition) is 1. The van der Waals surface area contributed by atoms with Gasteiger partial charge in [0.15, 0.2) is 6.20 Å². The van der Waals surface area contributed by atoms with Crippen LogP contribution in [0.4, 0.5) is 4.39 Å². The first-order chi connectivity index (χ1) is 10.6. The molecule has 2 nitrogen and oxygen atoms in total. The van der Waals surface area contributed by atoms with Crippen LogP contribution in [0.25, 0.3) is 33.2 Å². The van der Waals surface area contributed by atoms with Crippen molar-refractivity contribution >= 4 is 21.9 Å². The van der Waals surface area contributed by atoms with Gasteiger partial charge in [-0.2, -0.15) is 0 Å². The lowest BCUT2D eigenvalue weighted by molar-refractivity contribution is -0.660. The molecule has 2 aromatic heterocycles. The summed E-state index contributed by atoms with van der Waals surface area (Å²) >= 11 is 0. The molecule has 4 aromatic rings. The van der Waals surface area contributed by atoms with Crippen LogP contribution in [-0.2, 0) is 7.05 Å². The molecule has 0 aliphatic rings. The first-order valence-corrected chi connectivity index (χ1v) is 7.21. The quantitative estimate of drug-likeness (QED) is 0.471. The van der Waals surface area contributed by atoms with E-state index in [-0.39, 0.29) is 5.82 Å². The molecular formula is C19H15FNO+. The van der Waals surface area contributed by atoms with Crippen LogP contribution in [0.3, 0.4) is 0 Å². The average molecular weight is 292 g/mol. The maximum absolute atomic E-state index is 13.7. The number of nitrogens with zero attached hydrogens (tertiary/aromatic N) is 1. The van der Waals surface area contributed by atoms with Crippen molar-refractivity contribution in [1.82, 2.24) is 0 Å². The maximum Gasteiger partial charge on any atom is 0.213 e. The van der Waals surface area contributed by atoms with Crippen LogP contribution in [0, 0.1) is 12.7 Å². The number of furan rings is 1. The van der Waals surface area contributed by atoms with Crippen molar-refractivity contribution in [2.24, 2.45) is 7.05 Å². The SMILES string of the molecule is Cc1ccc2oc3ccc(F)cc3c2c1-c1cccc[n+]1C. The highest BCUT2D eigenvalue weighted by atomic mass is 19.1. The molecule has 0 amide bonds. The van der Waals surface area contributed by atoms with E-state index in [1.807, 2.05) is 37.5 Å². The molecule has 0 N–H and O–H groups in total. The van der Waals surface area contributed by atoms with Gasteiger partial charge in [-0.25, -0.2) is 8.96 Å². The van der Waals surface area contributed by atoms with E-state index < -0.39 is 0 Å². The molecule has 0 aliphatic heterocycles. The van der Waals surface area contributed by atoms with Gasteiger partial charge < -0.3 is 4.42 Å². The summed E-state index contributed by atoms with van der Waals surface area (Å²) in [4.78, 5) is 0. The monoisotopic (exact) mass is 292 g/mol. The maximum atomic E-state index is 13.7. The van der Waals surface area contributed by atoms with Gasteiger partial charge in [0.2, 0.25) is 5.69 Å². The van der Waals surface area contributed by atoms with Crippen LogP contribution in [0.2, 0.25) is 0 Å². The van der Waals surface area contributed by atoms with E-state index in [9.17, 15) is 4.39 Å². The second kappa shape index (κ2) is 4.67. The molecule has 0 fully saturated rings. The van der Waals surface area contributed by atoms with Gasteiger partial charge in [0.25, 0.3) is 0 Å². The Kier molecular flexibility index (Phi) is 2.76. The molecule has 0 radical (unpaired) electrons. The number of rotatable bonds is 1. The Labute approximate surface area is 127 Å². The Morgan fingerprint density at radius 1 is 1.00 bits per heavy atom. The lowest BCUT2D eigenvalue weighted by Crippen LogP contribution is -2.30. The normalized spacial score (nSPS) is 11.4. The highest BCUT2D eigenvalue weighted by Gasteiger charge is 2.20. The van der Waals surface area contributed by atoms with Crippen LogP contribution >= 0.6 is 0 Å². The summed E-state index contributed by atoms with van der Waals surface area (Å²) in [6.07, 6.45) is 2.01. The number of halogens is 1. The van der Waals surface area contributed by atoms with Crippen LogP contribution in [0.5, 0.6) is 0 Å². The van der Waals surface area contributed by atoms with E-state index in [0.717, 1.165) is 33.2 Å². The standard InChI is InChI=1S/C19H15FNO/c1-12-6-8-17-19(14-11-13(20)7-9-16(14)22-17)18(12)15-5-3-4-10-21(15)2/h3-11H,1-2H3/q+1. The zero-order valence-corrected chi connectivity index (χ0v) is 12.4. The number of benzene rings is 2. The van der Waals surface area contributed by atoms with Gasteiger partial charge in [0.1, 0.15) is 24.0 Å². The lowest BCUT2D eigenvalue weighted by atomic mass is 9.98. The van der Waals surface area contributed by atoms with Gasteiger partial charge in [-0.05, 0) is 42.8 Å². The highest BCUT2D eigenvalue weighted by molar-refractivity contribution is 6.12. The van der Waals surface area contributed by atoms with Crippen LogP contribution in [0.15, 0.2) is 59.1 Å². The lowest BCUT2D eigenvalue weighted by Gasteiger charge is -2.06. The average Bonchev–Trinajstić information content (AvgIpc) is 2.86. The molecule has 0 aliphatic carbocycles. The molecule has 4 rings (SSSR count). The molecule has 22 heavy (non-hydrogen) atoms. The zero-order chi connectivity index (χ0) is 15.3. The molecule has 2 heterocycles. The van der Waals surface area contributed by atoms with Crippen molar-refractivity contribution in [2.75, 3.05) is 0 Å². The molecule has 0 saturated heterocycles. The molecular weight excluding hydrogens is 277 g/mol. The van der Waals surface area contributed by atoms with Crippen LogP contribution in [0.1, 0.15) is 5.56 Å². The summed E-state index contributed by atoms with van der Waals surface area (Å²) < 4.78 is 21.7. The minimum Gasteiger partial charge on any atom is -0.456 e. The Morgan fingerprint density at radius 3 is 2.64 bits per heavy atom. The molecule has 108 valence electrons. The largest absolute Gasteiger partial charge is 0.456 e. The van der Waals surface area contributed by atoms with Crippen molar-refractivity contribution in [3.05, 3.63) is 66.1 Å². The number of hydrogen-bond donors (Lipinski definition) is 0. The minimum absolute atomic E-state index is 0.250. The van der Waals surface area contributed by atoms with Gasteiger partial charge in [0, 0.05) is 22.9 Å².